The lowest BCUT2D eigenvalue weighted by Crippen LogP contribution is -2.07. The van der Waals surface area contributed by atoms with E-state index in [1.807, 2.05) is 6.21 Å². The second-order valence-corrected chi connectivity index (χ2v) is 3.77. The number of allylic oxidation sites excluding steroid dienone is 1. The van der Waals surface area contributed by atoms with Crippen LogP contribution in [0.5, 0.6) is 0 Å². The van der Waals surface area contributed by atoms with Gasteiger partial charge in [0.15, 0.2) is 0 Å². The maximum absolute atomic E-state index is 4.32. The van der Waals surface area contributed by atoms with Crippen LogP contribution in [0.2, 0.25) is 0 Å². The minimum atomic E-state index is 0.593. The summed E-state index contributed by atoms with van der Waals surface area (Å²) in [6, 6.07) is 0. The monoisotopic (exact) mass is 174 g/mol. The molecule has 2 heterocycles. The van der Waals surface area contributed by atoms with Crippen molar-refractivity contribution in [2.45, 2.75) is 0 Å². The molecule has 0 N–H and O–H groups in total. The number of thiophene rings is 1. The van der Waals surface area contributed by atoms with Crippen LogP contribution in [0, 0.1) is 0 Å². The van der Waals surface area contributed by atoms with Crippen LogP contribution in [0.4, 0.5) is 0 Å². The van der Waals surface area contributed by atoms with Crippen molar-refractivity contribution in [3.8, 4) is 0 Å². The second-order valence-electron chi connectivity index (χ2n) is 2.74. The van der Waals surface area contributed by atoms with Crippen LogP contribution in [0.15, 0.2) is 16.1 Å². The third kappa shape index (κ3) is 0.689. The first-order valence-corrected chi connectivity index (χ1v) is 4.62. The van der Waals surface area contributed by atoms with Gasteiger partial charge in [-0.3, -0.25) is 9.98 Å². The first-order valence-electron chi connectivity index (χ1n) is 3.81. The fraction of sp³-hybridized carbons (Fsp3) is 0.111. The lowest BCUT2D eigenvalue weighted by Gasteiger charge is -1.94. The van der Waals surface area contributed by atoms with Crippen LogP contribution in [-0.2, 0) is 0 Å². The van der Waals surface area contributed by atoms with Crippen molar-refractivity contribution in [2.24, 2.45) is 9.98 Å². The van der Waals surface area contributed by atoms with Crippen LogP contribution >= 0.6 is 11.3 Å². The number of hydrogen-bond acceptors (Lipinski definition) is 3. The summed E-state index contributed by atoms with van der Waals surface area (Å²) < 4.78 is 2.45. The van der Waals surface area contributed by atoms with Gasteiger partial charge < -0.3 is 0 Å². The molecule has 1 aromatic heterocycles. The van der Waals surface area contributed by atoms with E-state index >= 15 is 0 Å². The fourth-order valence-corrected chi connectivity index (χ4v) is 2.51. The molecule has 0 fully saturated rings. The van der Waals surface area contributed by atoms with E-state index in [1.165, 1.54) is 15.7 Å². The SMILES string of the molecule is C1=Cc2c3c(sc2=C1)=NCN=C3. The lowest BCUT2D eigenvalue weighted by molar-refractivity contribution is 1.02. The van der Waals surface area contributed by atoms with Gasteiger partial charge in [-0.1, -0.05) is 12.2 Å². The van der Waals surface area contributed by atoms with E-state index in [9.17, 15) is 0 Å². The molecule has 1 aliphatic carbocycles. The average molecular weight is 174 g/mol. The predicted molar refractivity (Wildman–Crippen MR) is 51.1 cm³/mol. The summed E-state index contributed by atoms with van der Waals surface area (Å²) in [4.78, 5) is 8.46. The zero-order chi connectivity index (χ0) is 7.97. The van der Waals surface area contributed by atoms with Gasteiger partial charge in [-0.15, -0.1) is 11.3 Å². The predicted octanol–water partition coefficient (Wildman–Crippen LogP) is 0.565. The Bertz CT molecular complexity index is 505. The summed E-state index contributed by atoms with van der Waals surface area (Å²) in [6.45, 7) is 0.593. The quantitative estimate of drug-likeness (QED) is 0.549. The van der Waals surface area contributed by atoms with Crippen molar-refractivity contribution in [2.75, 3.05) is 6.67 Å². The number of aliphatic imine (C=N–C) groups is 1. The molecule has 0 radical (unpaired) electrons. The highest BCUT2D eigenvalue weighted by Gasteiger charge is 2.10. The molecule has 0 saturated carbocycles. The number of rotatable bonds is 0. The van der Waals surface area contributed by atoms with Gasteiger partial charge in [0.2, 0.25) is 0 Å². The third-order valence-electron chi connectivity index (χ3n) is 2.02. The average Bonchev–Trinajstić information content (AvgIpc) is 2.62. The van der Waals surface area contributed by atoms with Crippen LogP contribution in [0.1, 0.15) is 11.1 Å². The van der Waals surface area contributed by atoms with Crippen molar-refractivity contribution in [1.29, 1.82) is 0 Å². The highest BCUT2D eigenvalue weighted by atomic mass is 32.1. The molecule has 0 bridgehead atoms. The van der Waals surface area contributed by atoms with Crippen LogP contribution in [0.25, 0.3) is 12.2 Å². The molecular weight excluding hydrogens is 168 g/mol. The molecule has 1 aromatic rings. The molecule has 58 valence electrons. The maximum Gasteiger partial charge on any atom is 0.131 e. The Morgan fingerprint density at radius 2 is 2.33 bits per heavy atom. The van der Waals surface area contributed by atoms with Gasteiger partial charge in [0.1, 0.15) is 11.3 Å². The minimum absolute atomic E-state index is 0.593. The molecular formula is C9H6N2S. The maximum atomic E-state index is 4.32. The molecule has 0 spiro atoms. The standard InChI is InChI=1S/C9H6N2S/c1-2-6-7-4-10-5-11-9(7)12-8(6)3-1/h1-4H,5H2. The van der Waals surface area contributed by atoms with Gasteiger partial charge in [0.05, 0.1) is 0 Å². The number of hydrogen-bond donors (Lipinski definition) is 0. The Kier molecular flexibility index (Phi) is 1.12. The lowest BCUT2D eigenvalue weighted by atomic mass is 10.2. The molecule has 0 aromatic carbocycles. The second kappa shape index (κ2) is 2.14. The summed E-state index contributed by atoms with van der Waals surface area (Å²) >= 11 is 1.75. The molecule has 0 amide bonds. The summed E-state index contributed by atoms with van der Waals surface area (Å²) in [6.07, 6.45) is 8.25. The van der Waals surface area contributed by atoms with Crippen molar-refractivity contribution in [3.63, 3.8) is 0 Å². The van der Waals surface area contributed by atoms with Crippen LogP contribution in [0.3, 0.4) is 0 Å². The summed E-state index contributed by atoms with van der Waals surface area (Å²) in [7, 11) is 0. The van der Waals surface area contributed by atoms with E-state index in [0.29, 0.717) is 6.67 Å². The first kappa shape index (κ1) is 6.31. The van der Waals surface area contributed by atoms with Gasteiger partial charge in [-0.05, 0) is 6.08 Å². The minimum Gasteiger partial charge on any atom is -0.269 e. The zero-order valence-electron chi connectivity index (χ0n) is 6.32. The molecule has 1 aliphatic heterocycles. The van der Waals surface area contributed by atoms with E-state index in [0.717, 1.165) is 4.67 Å². The van der Waals surface area contributed by atoms with Gasteiger partial charge in [-0.2, -0.15) is 0 Å². The molecule has 3 rings (SSSR count). The molecule has 0 saturated heterocycles. The number of nitrogens with zero attached hydrogens (tertiary/aromatic N) is 2. The highest BCUT2D eigenvalue weighted by molar-refractivity contribution is 7.08. The van der Waals surface area contributed by atoms with Crippen LogP contribution < -0.4 is 9.20 Å². The summed E-state index contributed by atoms with van der Waals surface area (Å²) in [5.41, 5.74) is 2.49. The summed E-state index contributed by atoms with van der Waals surface area (Å²) in [5.74, 6) is 0. The Labute approximate surface area is 73.3 Å². The molecule has 0 atom stereocenters. The normalized spacial score (nSPS) is 16.7. The van der Waals surface area contributed by atoms with Crippen molar-refractivity contribution < 1.29 is 0 Å². The fourth-order valence-electron chi connectivity index (χ4n) is 1.47. The molecule has 0 unspecified atom stereocenters. The highest BCUT2D eigenvalue weighted by Crippen LogP contribution is 2.09. The van der Waals surface area contributed by atoms with E-state index in [1.54, 1.807) is 11.3 Å². The van der Waals surface area contributed by atoms with E-state index in [2.05, 4.69) is 28.2 Å². The Morgan fingerprint density at radius 3 is 3.33 bits per heavy atom. The van der Waals surface area contributed by atoms with Gasteiger partial charge >= 0.3 is 0 Å². The largest absolute Gasteiger partial charge is 0.269 e. The van der Waals surface area contributed by atoms with Gasteiger partial charge in [0.25, 0.3) is 0 Å². The van der Waals surface area contributed by atoms with Crippen molar-refractivity contribution in [3.05, 3.63) is 26.4 Å². The van der Waals surface area contributed by atoms with Crippen molar-refractivity contribution in [1.82, 2.24) is 0 Å². The van der Waals surface area contributed by atoms with E-state index in [-0.39, 0.29) is 0 Å². The molecule has 2 nitrogen and oxygen atoms in total. The smallest absolute Gasteiger partial charge is 0.131 e. The van der Waals surface area contributed by atoms with Gasteiger partial charge in [-0.25, -0.2) is 0 Å². The molecule has 2 aliphatic rings. The first-order chi connectivity index (χ1) is 5.95. The van der Waals surface area contributed by atoms with Gasteiger partial charge in [0, 0.05) is 21.9 Å². The number of fused-ring (bicyclic) bond motifs is 3. The molecule has 3 heteroatoms. The van der Waals surface area contributed by atoms with E-state index < -0.39 is 0 Å². The molecule has 12 heavy (non-hydrogen) atoms. The Morgan fingerprint density at radius 1 is 1.33 bits per heavy atom. The third-order valence-corrected chi connectivity index (χ3v) is 3.14. The van der Waals surface area contributed by atoms with Crippen molar-refractivity contribution >= 4 is 29.7 Å². The topological polar surface area (TPSA) is 24.7 Å². The van der Waals surface area contributed by atoms with E-state index in [4.69, 9.17) is 0 Å². The van der Waals surface area contributed by atoms with Crippen LogP contribution in [-0.4, -0.2) is 12.9 Å². The summed E-state index contributed by atoms with van der Waals surface area (Å²) in [5, 5.41) is 0. The Hall–Kier alpha value is -1.22. The Balaban J connectivity index is 2.51. The zero-order valence-corrected chi connectivity index (χ0v) is 7.14.